The van der Waals surface area contributed by atoms with E-state index in [-0.39, 0.29) is 0 Å². The molecule has 0 unspecified atom stereocenters. The monoisotopic (exact) mass is 282 g/mol. The fourth-order valence-corrected chi connectivity index (χ4v) is 1.83. The summed E-state index contributed by atoms with van der Waals surface area (Å²) in [6.45, 7) is 5.16. The lowest BCUT2D eigenvalue weighted by Gasteiger charge is -2.09. The Labute approximate surface area is 124 Å². The molecular formula is C16H18N4O. The summed E-state index contributed by atoms with van der Waals surface area (Å²) < 4.78 is 5.53. The van der Waals surface area contributed by atoms with Gasteiger partial charge < -0.3 is 10.1 Å². The molecule has 1 heterocycles. The normalized spacial score (nSPS) is 9.95. The van der Waals surface area contributed by atoms with Crippen molar-refractivity contribution in [2.45, 2.75) is 26.8 Å². The van der Waals surface area contributed by atoms with Crippen LogP contribution in [-0.2, 0) is 6.54 Å². The first kappa shape index (κ1) is 14.8. The van der Waals surface area contributed by atoms with Gasteiger partial charge in [-0.1, -0.05) is 19.1 Å². The molecular weight excluding hydrogens is 264 g/mol. The smallest absolute Gasteiger partial charge is 0.226 e. The van der Waals surface area contributed by atoms with Gasteiger partial charge >= 0.3 is 0 Å². The summed E-state index contributed by atoms with van der Waals surface area (Å²) >= 11 is 0. The maximum atomic E-state index is 8.89. The summed E-state index contributed by atoms with van der Waals surface area (Å²) in [7, 11) is 0. The van der Waals surface area contributed by atoms with Crippen molar-refractivity contribution in [3.05, 3.63) is 47.2 Å². The van der Waals surface area contributed by atoms with Crippen LogP contribution in [0.25, 0.3) is 0 Å². The Morgan fingerprint density at radius 3 is 2.90 bits per heavy atom. The lowest BCUT2D eigenvalue weighted by molar-refractivity contribution is 0.305. The van der Waals surface area contributed by atoms with Crippen molar-refractivity contribution in [3.8, 4) is 11.9 Å². The molecule has 0 saturated carbocycles. The van der Waals surface area contributed by atoms with Gasteiger partial charge in [0.2, 0.25) is 11.8 Å². The molecule has 21 heavy (non-hydrogen) atoms. The Balaban J connectivity index is 2.05. The third kappa shape index (κ3) is 4.46. The summed E-state index contributed by atoms with van der Waals surface area (Å²) in [6.07, 6.45) is 0.937. The molecule has 1 aromatic carbocycles. The van der Waals surface area contributed by atoms with Crippen LogP contribution >= 0.6 is 0 Å². The Morgan fingerprint density at radius 1 is 1.29 bits per heavy atom. The predicted molar refractivity (Wildman–Crippen MR) is 81.0 cm³/mol. The number of anilines is 1. The van der Waals surface area contributed by atoms with Gasteiger partial charge in [-0.25, -0.2) is 4.98 Å². The van der Waals surface area contributed by atoms with E-state index in [0.29, 0.717) is 30.5 Å². The van der Waals surface area contributed by atoms with E-state index in [2.05, 4.69) is 28.3 Å². The van der Waals surface area contributed by atoms with Crippen molar-refractivity contribution >= 4 is 5.95 Å². The zero-order chi connectivity index (χ0) is 15.1. The Kier molecular flexibility index (Phi) is 5.10. The van der Waals surface area contributed by atoms with Gasteiger partial charge in [-0.15, -0.1) is 0 Å². The number of benzene rings is 1. The molecule has 1 aromatic heterocycles. The SMILES string of the molecule is CCCOc1cc(C)nc(NCc2cccc(C#N)c2)n1. The molecule has 0 atom stereocenters. The number of hydrogen-bond donors (Lipinski definition) is 1. The standard InChI is InChI=1S/C16H18N4O/c1-3-7-21-15-8-12(2)19-16(20-15)18-11-14-6-4-5-13(9-14)10-17/h4-6,8-9H,3,7,11H2,1-2H3,(H,18,19,20). The van der Waals surface area contributed by atoms with E-state index in [1.807, 2.05) is 31.2 Å². The molecule has 0 aliphatic rings. The van der Waals surface area contributed by atoms with Crippen molar-refractivity contribution in [2.24, 2.45) is 0 Å². The average molecular weight is 282 g/mol. The second-order valence-corrected chi connectivity index (χ2v) is 4.69. The summed E-state index contributed by atoms with van der Waals surface area (Å²) in [4.78, 5) is 8.65. The van der Waals surface area contributed by atoms with E-state index in [0.717, 1.165) is 17.7 Å². The zero-order valence-electron chi connectivity index (χ0n) is 12.3. The summed E-state index contributed by atoms with van der Waals surface area (Å²) in [5, 5.41) is 12.0. The maximum absolute atomic E-state index is 8.89. The van der Waals surface area contributed by atoms with Crippen LogP contribution in [0, 0.1) is 18.3 Å². The highest BCUT2D eigenvalue weighted by Crippen LogP contribution is 2.13. The molecule has 0 saturated heterocycles. The summed E-state index contributed by atoms with van der Waals surface area (Å²) in [6, 6.07) is 11.4. The number of hydrogen-bond acceptors (Lipinski definition) is 5. The third-order valence-corrected chi connectivity index (χ3v) is 2.79. The number of nitrogens with zero attached hydrogens (tertiary/aromatic N) is 3. The molecule has 108 valence electrons. The van der Waals surface area contributed by atoms with Crippen molar-refractivity contribution in [1.82, 2.24) is 9.97 Å². The Bertz CT molecular complexity index is 649. The maximum Gasteiger partial charge on any atom is 0.226 e. The van der Waals surface area contributed by atoms with Crippen molar-refractivity contribution in [1.29, 1.82) is 5.26 Å². The van der Waals surface area contributed by atoms with Crippen LogP contribution in [0.2, 0.25) is 0 Å². The van der Waals surface area contributed by atoms with Gasteiger partial charge in [0.05, 0.1) is 18.2 Å². The minimum absolute atomic E-state index is 0.531. The first-order valence-electron chi connectivity index (χ1n) is 6.92. The summed E-state index contributed by atoms with van der Waals surface area (Å²) in [5.74, 6) is 1.11. The highest BCUT2D eigenvalue weighted by molar-refractivity contribution is 5.36. The van der Waals surface area contributed by atoms with Crippen LogP contribution in [-0.4, -0.2) is 16.6 Å². The molecule has 0 bridgehead atoms. The largest absolute Gasteiger partial charge is 0.478 e. The van der Waals surface area contributed by atoms with Crippen LogP contribution < -0.4 is 10.1 Å². The Hall–Kier alpha value is -2.61. The van der Waals surface area contributed by atoms with Gasteiger partial charge in [0, 0.05) is 18.3 Å². The van der Waals surface area contributed by atoms with Gasteiger partial charge in [-0.3, -0.25) is 0 Å². The van der Waals surface area contributed by atoms with E-state index in [4.69, 9.17) is 10.00 Å². The third-order valence-electron chi connectivity index (χ3n) is 2.79. The molecule has 1 N–H and O–H groups in total. The van der Waals surface area contributed by atoms with Gasteiger partial charge in [0.15, 0.2) is 0 Å². The number of aryl methyl sites for hydroxylation is 1. The van der Waals surface area contributed by atoms with Crippen LogP contribution in [0.1, 0.15) is 30.2 Å². The van der Waals surface area contributed by atoms with E-state index in [9.17, 15) is 0 Å². The van der Waals surface area contributed by atoms with Gasteiger partial charge in [-0.2, -0.15) is 10.2 Å². The van der Waals surface area contributed by atoms with Crippen molar-refractivity contribution in [3.63, 3.8) is 0 Å². The molecule has 0 amide bonds. The first-order valence-corrected chi connectivity index (χ1v) is 6.92. The zero-order valence-corrected chi connectivity index (χ0v) is 12.3. The van der Waals surface area contributed by atoms with Crippen molar-refractivity contribution < 1.29 is 4.74 Å². The first-order chi connectivity index (χ1) is 10.2. The van der Waals surface area contributed by atoms with Crippen LogP contribution in [0.4, 0.5) is 5.95 Å². The highest BCUT2D eigenvalue weighted by atomic mass is 16.5. The fraction of sp³-hybridized carbons (Fsp3) is 0.312. The Morgan fingerprint density at radius 2 is 2.14 bits per heavy atom. The second kappa shape index (κ2) is 7.25. The quantitative estimate of drug-likeness (QED) is 0.881. The molecule has 2 rings (SSSR count). The number of aromatic nitrogens is 2. The molecule has 0 spiro atoms. The number of rotatable bonds is 6. The number of ether oxygens (including phenoxy) is 1. The topological polar surface area (TPSA) is 70.8 Å². The van der Waals surface area contributed by atoms with Crippen LogP contribution in [0.3, 0.4) is 0 Å². The van der Waals surface area contributed by atoms with E-state index >= 15 is 0 Å². The van der Waals surface area contributed by atoms with E-state index in [1.165, 1.54) is 0 Å². The van der Waals surface area contributed by atoms with Gasteiger partial charge in [0.1, 0.15) is 0 Å². The number of nitriles is 1. The van der Waals surface area contributed by atoms with Gasteiger partial charge in [-0.05, 0) is 31.0 Å². The fourth-order valence-electron chi connectivity index (χ4n) is 1.83. The van der Waals surface area contributed by atoms with Crippen LogP contribution in [0.5, 0.6) is 5.88 Å². The van der Waals surface area contributed by atoms with Crippen molar-refractivity contribution in [2.75, 3.05) is 11.9 Å². The molecule has 5 nitrogen and oxygen atoms in total. The predicted octanol–water partition coefficient (Wildman–Crippen LogP) is 3.06. The molecule has 0 aliphatic carbocycles. The number of nitrogens with one attached hydrogen (secondary N) is 1. The minimum atomic E-state index is 0.531. The second-order valence-electron chi connectivity index (χ2n) is 4.69. The van der Waals surface area contributed by atoms with E-state index < -0.39 is 0 Å². The molecule has 5 heteroatoms. The molecule has 0 radical (unpaired) electrons. The summed E-state index contributed by atoms with van der Waals surface area (Å²) in [5.41, 5.74) is 2.51. The minimum Gasteiger partial charge on any atom is -0.478 e. The molecule has 0 aliphatic heterocycles. The lowest BCUT2D eigenvalue weighted by Crippen LogP contribution is -2.06. The lowest BCUT2D eigenvalue weighted by atomic mass is 10.1. The molecule has 0 fully saturated rings. The highest BCUT2D eigenvalue weighted by Gasteiger charge is 2.03. The molecule has 2 aromatic rings. The van der Waals surface area contributed by atoms with E-state index in [1.54, 1.807) is 6.07 Å². The average Bonchev–Trinajstić information content (AvgIpc) is 2.50. The van der Waals surface area contributed by atoms with Crippen LogP contribution in [0.15, 0.2) is 30.3 Å². The van der Waals surface area contributed by atoms with Gasteiger partial charge in [0.25, 0.3) is 0 Å².